The van der Waals surface area contributed by atoms with Gasteiger partial charge < -0.3 is 10.6 Å². The maximum atomic E-state index is 5.84. The topological polar surface area (TPSA) is 29.3 Å². The number of anilines is 1. The number of nitrogens with two attached hydrogens (primary N) is 1. The van der Waals surface area contributed by atoms with E-state index >= 15 is 0 Å². The van der Waals surface area contributed by atoms with Gasteiger partial charge in [0.1, 0.15) is 0 Å². The molecule has 1 aromatic carbocycles. The SMILES string of the molecule is CC1=CCN(c2ccc([C@H](C)N)cc2)CC1. The summed E-state index contributed by atoms with van der Waals surface area (Å²) in [7, 11) is 0. The number of rotatable bonds is 2. The number of nitrogens with zero attached hydrogens (tertiary/aromatic N) is 1. The molecule has 1 atom stereocenters. The Bertz CT molecular complexity index is 376. The first kappa shape index (κ1) is 11.2. The Morgan fingerprint density at radius 3 is 2.44 bits per heavy atom. The zero-order chi connectivity index (χ0) is 11.5. The molecule has 0 aliphatic carbocycles. The molecule has 0 unspecified atom stereocenters. The van der Waals surface area contributed by atoms with Gasteiger partial charge in [-0.25, -0.2) is 0 Å². The third-order valence-electron chi connectivity index (χ3n) is 3.22. The van der Waals surface area contributed by atoms with E-state index < -0.39 is 0 Å². The van der Waals surface area contributed by atoms with Crippen molar-refractivity contribution in [2.45, 2.75) is 26.3 Å². The van der Waals surface area contributed by atoms with Crippen molar-refractivity contribution in [2.24, 2.45) is 5.73 Å². The Kier molecular flexibility index (Phi) is 3.30. The lowest BCUT2D eigenvalue weighted by Gasteiger charge is -2.27. The third kappa shape index (κ3) is 2.45. The zero-order valence-electron chi connectivity index (χ0n) is 10.1. The molecule has 1 heterocycles. The van der Waals surface area contributed by atoms with Crippen molar-refractivity contribution in [3.63, 3.8) is 0 Å². The Balaban J connectivity index is 2.10. The van der Waals surface area contributed by atoms with Gasteiger partial charge >= 0.3 is 0 Å². The minimum absolute atomic E-state index is 0.123. The summed E-state index contributed by atoms with van der Waals surface area (Å²) in [5.74, 6) is 0. The van der Waals surface area contributed by atoms with Gasteiger partial charge in [-0.3, -0.25) is 0 Å². The average molecular weight is 216 g/mol. The quantitative estimate of drug-likeness (QED) is 0.770. The molecular weight excluding hydrogens is 196 g/mol. The van der Waals surface area contributed by atoms with Crippen LogP contribution in [0.2, 0.25) is 0 Å². The summed E-state index contributed by atoms with van der Waals surface area (Å²) >= 11 is 0. The van der Waals surface area contributed by atoms with E-state index in [1.165, 1.54) is 23.2 Å². The molecule has 0 amide bonds. The summed E-state index contributed by atoms with van der Waals surface area (Å²) < 4.78 is 0. The van der Waals surface area contributed by atoms with Gasteiger partial charge in [-0.1, -0.05) is 23.8 Å². The van der Waals surface area contributed by atoms with Gasteiger partial charge in [0.15, 0.2) is 0 Å². The molecule has 16 heavy (non-hydrogen) atoms. The van der Waals surface area contributed by atoms with Crippen LogP contribution in [0.5, 0.6) is 0 Å². The normalized spacial score (nSPS) is 18.2. The molecule has 86 valence electrons. The van der Waals surface area contributed by atoms with Crippen LogP contribution in [-0.2, 0) is 0 Å². The molecule has 2 N–H and O–H groups in total. The van der Waals surface area contributed by atoms with Crippen LogP contribution in [0.15, 0.2) is 35.9 Å². The van der Waals surface area contributed by atoms with Gasteiger partial charge in [0.05, 0.1) is 0 Å². The van der Waals surface area contributed by atoms with E-state index in [-0.39, 0.29) is 6.04 Å². The standard InChI is InChI=1S/C14H20N2/c1-11-7-9-16(10-8-11)14-5-3-13(4-6-14)12(2)15/h3-7,12H,8-10,15H2,1-2H3/t12-/m0/s1. The largest absolute Gasteiger partial charge is 0.367 e. The first-order chi connectivity index (χ1) is 7.66. The summed E-state index contributed by atoms with van der Waals surface area (Å²) in [5.41, 5.74) is 9.84. The molecule has 2 heteroatoms. The second kappa shape index (κ2) is 4.71. The molecule has 0 radical (unpaired) electrons. The van der Waals surface area contributed by atoms with E-state index in [9.17, 15) is 0 Å². The van der Waals surface area contributed by atoms with Crippen LogP contribution in [0.1, 0.15) is 31.9 Å². The van der Waals surface area contributed by atoms with E-state index in [0.717, 1.165) is 13.1 Å². The molecule has 1 aromatic rings. The highest BCUT2D eigenvalue weighted by atomic mass is 15.1. The average Bonchev–Trinajstić information content (AvgIpc) is 2.30. The predicted octanol–water partition coefficient (Wildman–Crippen LogP) is 2.86. The molecule has 1 aliphatic heterocycles. The molecule has 2 rings (SSSR count). The Labute approximate surface area is 97.8 Å². The highest BCUT2D eigenvalue weighted by Gasteiger charge is 2.10. The molecule has 0 fully saturated rings. The van der Waals surface area contributed by atoms with Crippen molar-refractivity contribution in [1.82, 2.24) is 0 Å². The molecule has 0 spiro atoms. The zero-order valence-corrected chi connectivity index (χ0v) is 10.1. The fourth-order valence-electron chi connectivity index (χ4n) is 1.99. The highest BCUT2D eigenvalue weighted by Crippen LogP contribution is 2.21. The number of hydrogen-bond acceptors (Lipinski definition) is 2. The summed E-state index contributed by atoms with van der Waals surface area (Å²) in [6.45, 7) is 6.38. The summed E-state index contributed by atoms with van der Waals surface area (Å²) in [6.07, 6.45) is 3.48. The van der Waals surface area contributed by atoms with Crippen LogP contribution in [0, 0.1) is 0 Å². The van der Waals surface area contributed by atoms with Crippen molar-refractivity contribution in [3.05, 3.63) is 41.5 Å². The Morgan fingerprint density at radius 1 is 1.25 bits per heavy atom. The smallest absolute Gasteiger partial charge is 0.0369 e. The maximum Gasteiger partial charge on any atom is 0.0369 e. The minimum atomic E-state index is 0.123. The van der Waals surface area contributed by atoms with Gasteiger partial charge in [0.2, 0.25) is 0 Å². The van der Waals surface area contributed by atoms with Crippen molar-refractivity contribution >= 4 is 5.69 Å². The third-order valence-corrected chi connectivity index (χ3v) is 3.22. The van der Waals surface area contributed by atoms with Crippen molar-refractivity contribution in [1.29, 1.82) is 0 Å². The van der Waals surface area contributed by atoms with Gasteiger partial charge in [-0.15, -0.1) is 0 Å². The van der Waals surface area contributed by atoms with E-state index in [1.807, 2.05) is 6.92 Å². The molecule has 1 aliphatic rings. The lowest BCUT2D eigenvalue weighted by Crippen LogP contribution is -2.28. The molecule has 0 bridgehead atoms. The van der Waals surface area contributed by atoms with Crippen LogP contribution in [0.4, 0.5) is 5.69 Å². The molecule has 2 nitrogen and oxygen atoms in total. The van der Waals surface area contributed by atoms with Crippen LogP contribution in [-0.4, -0.2) is 13.1 Å². The van der Waals surface area contributed by atoms with E-state index in [4.69, 9.17) is 5.73 Å². The van der Waals surface area contributed by atoms with E-state index in [0.29, 0.717) is 0 Å². The summed E-state index contributed by atoms with van der Waals surface area (Å²) in [5, 5.41) is 0. The minimum Gasteiger partial charge on any atom is -0.367 e. The van der Waals surface area contributed by atoms with E-state index in [2.05, 4.69) is 42.2 Å². The number of benzene rings is 1. The fourth-order valence-corrected chi connectivity index (χ4v) is 1.99. The van der Waals surface area contributed by atoms with Crippen molar-refractivity contribution in [3.8, 4) is 0 Å². The van der Waals surface area contributed by atoms with Crippen LogP contribution < -0.4 is 10.6 Å². The van der Waals surface area contributed by atoms with Crippen LogP contribution in [0.25, 0.3) is 0 Å². The lowest BCUT2D eigenvalue weighted by molar-refractivity contribution is 0.784. The second-order valence-electron chi connectivity index (χ2n) is 4.63. The first-order valence-corrected chi connectivity index (χ1v) is 5.93. The van der Waals surface area contributed by atoms with Crippen LogP contribution in [0.3, 0.4) is 0 Å². The van der Waals surface area contributed by atoms with Crippen molar-refractivity contribution in [2.75, 3.05) is 18.0 Å². The second-order valence-corrected chi connectivity index (χ2v) is 4.63. The molecule has 0 saturated carbocycles. The Morgan fingerprint density at radius 2 is 1.94 bits per heavy atom. The van der Waals surface area contributed by atoms with Gasteiger partial charge in [0, 0.05) is 24.8 Å². The van der Waals surface area contributed by atoms with Gasteiger partial charge in [-0.2, -0.15) is 0 Å². The summed E-state index contributed by atoms with van der Waals surface area (Å²) in [6, 6.07) is 8.73. The van der Waals surface area contributed by atoms with Crippen LogP contribution >= 0.6 is 0 Å². The van der Waals surface area contributed by atoms with Gasteiger partial charge in [0.25, 0.3) is 0 Å². The van der Waals surface area contributed by atoms with E-state index in [1.54, 1.807) is 0 Å². The maximum absolute atomic E-state index is 5.84. The molecule has 0 saturated heterocycles. The molecule has 0 aromatic heterocycles. The lowest BCUT2D eigenvalue weighted by atomic mass is 10.1. The Hall–Kier alpha value is -1.28. The monoisotopic (exact) mass is 216 g/mol. The number of hydrogen-bond donors (Lipinski definition) is 1. The fraction of sp³-hybridized carbons (Fsp3) is 0.429. The highest BCUT2D eigenvalue weighted by molar-refractivity contribution is 5.49. The summed E-state index contributed by atoms with van der Waals surface area (Å²) in [4.78, 5) is 2.40. The van der Waals surface area contributed by atoms with Gasteiger partial charge in [-0.05, 0) is 38.0 Å². The molecular formula is C14H20N2. The van der Waals surface area contributed by atoms with Crippen molar-refractivity contribution < 1.29 is 0 Å². The predicted molar refractivity (Wildman–Crippen MR) is 69.6 cm³/mol. The first-order valence-electron chi connectivity index (χ1n) is 5.93.